The van der Waals surface area contributed by atoms with Gasteiger partial charge < -0.3 is 10.2 Å². The van der Waals surface area contributed by atoms with Crippen molar-refractivity contribution < 1.29 is 0 Å². The quantitative estimate of drug-likeness (QED) is 0.928. The van der Waals surface area contributed by atoms with E-state index in [-0.39, 0.29) is 0 Å². The lowest BCUT2D eigenvalue weighted by Gasteiger charge is -2.36. The minimum absolute atomic E-state index is 0.601. The number of rotatable bonds is 3. The Hall–Kier alpha value is -1.05. The van der Waals surface area contributed by atoms with Gasteiger partial charge in [-0.15, -0.1) is 0 Å². The summed E-state index contributed by atoms with van der Waals surface area (Å²) in [5, 5.41) is 12.3. The number of hydrogen-bond donors (Lipinski definition) is 1. The third kappa shape index (κ3) is 3.29. The lowest BCUT2D eigenvalue weighted by atomic mass is 9.90. The van der Waals surface area contributed by atoms with Crippen LogP contribution in [0.15, 0.2) is 22.7 Å². The maximum Gasteiger partial charge on any atom is 0.100 e. The van der Waals surface area contributed by atoms with Gasteiger partial charge in [-0.1, -0.05) is 0 Å². The van der Waals surface area contributed by atoms with E-state index in [9.17, 15) is 0 Å². The predicted octanol–water partition coefficient (Wildman–Crippen LogP) is 3.29. The standard InChI is InChI=1S/C15H20BrN3/c1-18-12-4-7-13(8-5-12)19(2)14-6-3-11(10-17)15(16)9-14/h3,6,9,12-13,18H,4-5,7-8H2,1-2H3. The summed E-state index contributed by atoms with van der Waals surface area (Å²) in [6, 6.07) is 9.42. The second kappa shape index (κ2) is 6.40. The van der Waals surface area contributed by atoms with Crippen molar-refractivity contribution in [3.8, 4) is 6.07 Å². The van der Waals surface area contributed by atoms with Gasteiger partial charge in [0.25, 0.3) is 0 Å². The van der Waals surface area contributed by atoms with Crippen LogP contribution in [0.3, 0.4) is 0 Å². The Morgan fingerprint density at radius 1 is 1.32 bits per heavy atom. The molecule has 0 atom stereocenters. The lowest BCUT2D eigenvalue weighted by molar-refractivity contribution is 0.351. The Balaban J connectivity index is 2.06. The first kappa shape index (κ1) is 14.4. The molecule has 1 aliphatic carbocycles. The number of halogens is 1. The van der Waals surface area contributed by atoms with Crippen LogP contribution in [0.1, 0.15) is 31.2 Å². The van der Waals surface area contributed by atoms with Crippen LogP contribution in [0.2, 0.25) is 0 Å². The highest BCUT2D eigenvalue weighted by molar-refractivity contribution is 9.10. The van der Waals surface area contributed by atoms with Crippen LogP contribution in [0, 0.1) is 11.3 Å². The number of nitrogens with zero attached hydrogens (tertiary/aromatic N) is 2. The fraction of sp³-hybridized carbons (Fsp3) is 0.533. The van der Waals surface area contributed by atoms with Gasteiger partial charge in [0.15, 0.2) is 0 Å². The molecule has 0 spiro atoms. The molecule has 1 aromatic rings. The normalized spacial score (nSPS) is 22.8. The summed E-state index contributed by atoms with van der Waals surface area (Å²) in [4.78, 5) is 2.35. The highest BCUT2D eigenvalue weighted by Gasteiger charge is 2.23. The third-order valence-electron chi connectivity index (χ3n) is 4.13. The summed E-state index contributed by atoms with van der Waals surface area (Å²) in [6.07, 6.45) is 4.92. The monoisotopic (exact) mass is 321 g/mol. The van der Waals surface area contributed by atoms with Crippen molar-refractivity contribution >= 4 is 21.6 Å². The van der Waals surface area contributed by atoms with Crippen LogP contribution in [0.5, 0.6) is 0 Å². The van der Waals surface area contributed by atoms with Gasteiger partial charge in [0, 0.05) is 29.3 Å². The van der Waals surface area contributed by atoms with E-state index in [0.29, 0.717) is 17.6 Å². The second-order valence-electron chi connectivity index (χ2n) is 5.18. The fourth-order valence-electron chi connectivity index (χ4n) is 2.78. The van der Waals surface area contributed by atoms with Crippen LogP contribution < -0.4 is 10.2 Å². The number of anilines is 1. The van der Waals surface area contributed by atoms with Gasteiger partial charge in [0.1, 0.15) is 6.07 Å². The molecule has 0 bridgehead atoms. The smallest absolute Gasteiger partial charge is 0.100 e. The first-order valence-electron chi connectivity index (χ1n) is 6.75. The summed E-state index contributed by atoms with van der Waals surface area (Å²) in [6.45, 7) is 0. The van der Waals surface area contributed by atoms with Crippen LogP contribution in [0.4, 0.5) is 5.69 Å². The molecule has 0 heterocycles. The Bertz CT molecular complexity index is 473. The fourth-order valence-corrected chi connectivity index (χ4v) is 3.23. The third-order valence-corrected chi connectivity index (χ3v) is 4.79. The van der Waals surface area contributed by atoms with Crippen LogP contribution in [-0.2, 0) is 0 Å². The molecular formula is C15H20BrN3. The molecule has 102 valence electrons. The summed E-state index contributed by atoms with van der Waals surface area (Å²) < 4.78 is 0.878. The van der Waals surface area contributed by atoms with Crippen molar-refractivity contribution in [3.63, 3.8) is 0 Å². The van der Waals surface area contributed by atoms with E-state index in [1.54, 1.807) is 0 Å². The summed E-state index contributed by atoms with van der Waals surface area (Å²) in [7, 11) is 4.20. The molecule has 1 N–H and O–H groups in total. The molecule has 19 heavy (non-hydrogen) atoms. The van der Waals surface area contributed by atoms with Gasteiger partial charge in [0.05, 0.1) is 5.56 Å². The minimum atomic E-state index is 0.601. The molecule has 1 saturated carbocycles. The van der Waals surface area contributed by atoms with E-state index in [1.807, 2.05) is 25.2 Å². The Labute approximate surface area is 123 Å². The molecule has 0 saturated heterocycles. The Morgan fingerprint density at radius 2 is 2.00 bits per heavy atom. The molecular weight excluding hydrogens is 302 g/mol. The topological polar surface area (TPSA) is 39.1 Å². The second-order valence-corrected chi connectivity index (χ2v) is 6.04. The first-order valence-corrected chi connectivity index (χ1v) is 7.54. The molecule has 1 aliphatic rings. The molecule has 0 amide bonds. The van der Waals surface area contributed by atoms with Gasteiger partial charge in [-0.05, 0) is 66.9 Å². The zero-order chi connectivity index (χ0) is 13.8. The molecule has 0 aromatic heterocycles. The lowest BCUT2D eigenvalue weighted by Crippen LogP contribution is -2.39. The number of nitriles is 1. The molecule has 1 aromatic carbocycles. The van der Waals surface area contributed by atoms with Gasteiger partial charge in [-0.25, -0.2) is 0 Å². The average molecular weight is 322 g/mol. The summed E-state index contributed by atoms with van der Waals surface area (Å²) in [5.41, 5.74) is 1.87. The van der Waals surface area contributed by atoms with Crippen molar-refractivity contribution in [1.29, 1.82) is 5.26 Å². The highest BCUT2D eigenvalue weighted by Crippen LogP contribution is 2.29. The van der Waals surface area contributed by atoms with Crippen molar-refractivity contribution in [3.05, 3.63) is 28.2 Å². The predicted molar refractivity (Wildman–Crippen MR) is 82.4 cm³/mol. The molecule has 1 fully saturated rings. The number of hydrogen-bond acceptors (Lipinski definition) is 3. The van der Waals surface area contributed by atoms with Crippen molar-refractivity contribution in [2.24, 2.45) is 0 Å². The first-order chi connectivity index (χ1) is 9.15. The van der Waals surface area contributed by atoms with Gasteiger partial charge in [-0.2, -0.15) is 5.26 Å². The van der Waals surface area contributed by atoms with Crippen LogP contribution in [0.25, 0.3) is 0 Å². The molecule has 3 nitrogen and oxygen atoms in total. The van der Waals surface area contributed by atoms with E-state index in [0.717, 1.165) is 4.47 Å². The van der Waals surface area contributed by atoms with E-state index < -0.39 is 0 Å². The van der Waals surface area contributed by atoms with E-state index in [2.05, 4.69) is 39.3 Å². The largest absolute Gasteiger partial charge is 0.372 e. The maximum absolute atomic E-state index is 8.95. The van der Waals surface area contributed by atoms with Crippen molar-refractivity contribution in [1.82, 2.24) is 5.32 Å². The summed E-state index contributed by atoms with van der Waals surface area (Å²) >= 11 is 3.46. The molecule has 4 heteroatoms. The SMILES string of the molecule is CNC1CCC(N(C)c2ccc(C#N)c(Br)c2)CC1. The van der Waals surface area contributed by atoms with Crippen molar-refractivity contribution in [2.75, 3.05) is 19.0 Å². The Kier molecular flexibility index (Phi) is 4.84. The maximum atomic E-state index is 8.95. The number of benzene rings is 1. The molecule has 0 unspecified atom stereocenters. The zero-order valence-electron chi connectivity index (χ0n) is 11.5. The van der Waals surface area contributed by atoms with E-state index >= 15 is 0 Å². The van der Waals surface area contributed by atoms with E-state index in [1.165, 1.54) is 31.4 Å². The molecule has 0 radical (unpaired) electrons. The van der Waals surface area contributed by atoms with Crippen LogP contribution >= 0.6 is 15.9 Å². The zero-order valence-corrected chi connectivity index (χ0v) is 13.1. The molecule has 0 aliphatic heterocycles. The van der Waals surface area contributed by atoms with Crippen LogP contribution in [-0.4, -0.2) is 26.2 Å². The van der Waals surface area contributed by atoms with Crippen molar-refractivity contribution in [2.45, 2.75) is 37.8 Å². The van der Waals surface area contributed by atoms with Gasteiger partial charge in [-0.3, -0.25) is 0 Å². The highest BCUT2D eigenvalue weighted by atomic mass is 79.9. The average Bonchev–Trinajstić information content (AvgIpc) is 2.46. The molecule has 2 rings (SSSR count). The summed E-state index contributed by atoms with van der Waals surface area (Å²) in [5.74, 6) is 0. The minimum Gasteiger partial charge on any atom is -0.372 e. The van der Waals surface area contributed by atoms with Gasteiger partial charge >= 0.3 is 0 Å². The Morgan fingerprint density at radius 3 is 2.53 bits per heavy atom. The van der Waals surface area contributed by atoms with E-state index in [4.69, 9.17) is 5.26 Å². The number of nitrogens with one attached hydrogen (secondary N) is 1. The van der Waals surface area contributed by atoms with Gasteiger partial charge in [0.2, 0.25) is 0 Å².